The fourth-order valence-corrected chi connectivity index (χ4v) is 2.33. The van der Waals surface area contributed by atoms with Gasteiger partial charge in [0, 0.05) is 11.1 Å². The number of hydrogen-bond acceptors (Lipinski definition) is 3. The SMILES string of the molecule is Cc1ccc(C(=O)Nc2cccnc2Br)s1. The van der Waals surface area contributed by atoms with Crippen molar-refractivity contribution >= 4 is 38.9 Å². The summed E-state index contributed by atoms with van der Waals surface area (Å²) in [7, 11) is 0. The predicted molar refractivity (Wildman–Crippen MR) is 68.9 cm³/mol. The van der Waals surface area contributed by atoms with Gasteiger partial charge in [-0.3, -0.25) is 4.79 Å². The summed E-state index contributed by atoms with van der Waals surface area (Å²) >= 11 is 4.75. The van der Waals surface area contributed by atoms with E-state index in [0.29, 0.717) is 15.2 Å². The van der Waals surface area contributed by atoms with Crippen LogP contribution in [0.1, 0.15) is 14.5 Å². The van der Waals surface area contributed by atoms with Crippen LogP contribution in [0.5, 0.6) is 0 Å². The number of pyridine rings is 1. The molecule has 0 unspecified atom stereocenters. The van der Waals surface area contributed by atoms with E-state index in [-0.39, 0.29) is 5.91 Å². The van der Waals surface area contributed by atoms with Gasteiger partial charge in [0.1, 0.15) is 4.60 Å². The second kappa shape index (κ2) is 4.76. The maximum absolute atomic E-state index is 11.8. The maximum Gasteiger partial charge on any atom is 0.265 e. The molecule has 0 spiro atoms. The Kier molecular flexibility index (Phi) is 3.36. The van der Waals surface area contributed by atoms with Crippen molar-refractivity contribution in [2.75, 3.05) is 5.32 Å². The summed E-state index contributed by atoms with van der Waals surface area (Å²) in [5.74, 6) is -0.105. The van der Waals surface area contributed by atoms with E-state index in [1.54, 1.807) is 18.3 Å². The van der Waals surface area contributed by atoms with Gasteiger partial charge in [0.2, 0.25) is 0 Å². The summed E-state index contributed by atoms with van der Waals surface area (Å²) in [4.78, 5) is 17.7. The molecule has 2 aromatic heterocycles. The van der Waals surface area contributed by atoms with Gasteiger partial charge in [0.25, 0.3) is 5.91 Å². The third-order valence-electron chi connectivity index (χ3n) is 1.97. The zero-order valence-corrected chi connectivity index (χ0v) is 10.9. The molecule has 16 heavy (non-hydrogen) atoms. The molecule has 1 amide bonds. The molecular weight excluding hydrogens is 288 g/mol. The number of nitrogens with one attached hydrogen (secondary N) is 1. The number of amides is 1. The lowest BCUT2D eigenvalue weighted by molar-refractivity contribution is 0.103. The van der Waals surface area contributed by atoms with Crippen molar-refractivity contribution in [2.45, 2.75) is 6.92 Å². The summed E-state index contributed by atoms with van der Waals surface area (Å²) in [6, 6.07) is 7.33. The van der Waals surface area contributed by atoms with Crippen LogP contribution in [-0.2, 0) is 0 Å². The zero-order chi connectivity index (χ0) is 11.5. The molecule has 1 N–H and O–H groups in total. The summed E-state index contributed by atoms with van der Waals surface area (Å²) in [5, 5.41) is 2.80. The van der Waals surface area contributed by atoms with Gasteiger partial charge in [0.05, 0.1) is 10.6 Å². The maximum atomic E-state index is 11.8. The van der Waals surface area contributed by atoms with Gasteiger partial charge in [0.15, 0.2) is 0 Å². The number of rotatable bonds is 2. The Morgan fingerprint density at radius 2 is 2.25 bits per heavy atom. The molecule has 0 saturated heterocycles. The number of aromatic nitrogens is 1. The van der Waals surface area contributed by atoms with E-state index in [4.69, 9.17) is 0 Å². The van der Waals surface area contributed by atoms with Gasteiger partial charge < -0.3 is 5.32 Å². The molecule has 5 heteroatoms. The Morgan fingerprint density at radius 3 is 2.88 bits per heavy atom. The number of anilines is 1. The molecule has 0 atom stereocenters. The first-order valence-corrected chi connectivity index (χ1v) is 6.26. The van der Waals surface area contributed by atoms with Gasteiger partial charge in [-0.15, -0.1) is 11.3 Å². The van der Waals surface area contributed by atoms with Crippen molar-refractivity contribution in [1.82, 2.24) is 4.98 Å². The number of hydrogen-bond donors (Lipinski definition) is 1. The second-order valence-corrected chi connectivity index (χ2v) is 5.25. The number of thiophene rings is 1. The molecule has 0 fully saturated rings. The van der Waals surface area contributed by atoms with Crippen molar-refractivity contribution in [1.29, 1.82) is 0 Å². The summed E-state index contributed by atoms with van der Waals surface area (Å²) in [5.41, 5.74) is 0.679. The van der Waals surface area contributed by atoms with Gasteiger partial charge in [-0.1, -0.05) is 0 Å². The molecule has 0 saturated carbocycles. The van der Waals surface area contributed by atoms with Gasteiger partial charge in [-0.2, -0.15) is 0 Å². The fourth-order valence-electron chi connectivity index (χ4n) is 1.22. The van der Waals surface area contributed by atoms with Crippen LogP contribution in [0.2, 0.25) is 0 Å². The topological polar surface area (TPSA) is 42.0 Å². The van der Waals surface area contributed by atoms with Gasteiger partial charge in [-0.25, -0.2) is 4.98 Å². The van der Waals surface area contributed by atoms with Crippen molar-refractivity contribution < 1.29 is 4.79 Å². The quantitative estimate of drug-likeness (QED) is 0.862. The largest absolute Gasteiger partial charge is 0.319 e. The Hall–Kier alpha value is -1.20. The minimum Gasteiger partial charge on any atom is -0.319 e. The Bertz CT molecular complexity index is 524. The predicted octanol–water partition coefficient (Wildman–Crippen LogP) is 3.47. The molecule has 0 aliphatic heterocycles. The first-order chi connectivity index (χ1) is 7.66. The fraction of sp³-hybridized carbons (Fsp3) is 0.0909. The lowest BCUT2D eigenvalue weighted by Crippen LogP contribution is -2.10. The average molecular weight is 297 g/mol. The zero-order valence-electron chi connectivity index (χ0n) is 8.53. The highest BCUT2D eigenvalue weighted by Crippen LogP contribution is 2.21. The monoisotopic (exact) mass is 296 g/mol. The van der Waals surface area contributed by atoms with Crippen molar-refractivity contribution in [3.63, 3.8) is 0 Å². The normalized spacial score (nSPS) is 10.1. The Balaban J connectivity index is 2.17. The lowest BCUT2D eigenvalue weighted by Gasteiger charge is -2.04. The summed E-state index contributed by atoms with van der Waals surface area (Å²) in [6.07, 6.45) is 1.66. The average Bonchev–Trinajstić information content (AvgIpc) is 2.68. The minimum atomic E-state index is -0.105. The van der Waals surface area contributed by atoms with Gasteiger partial charge in [-0.05, 0) is 47.1 Å². The van der Waals surface area contributed by atoms with E-state index in [2.05, 4.69) is 26.2 Å². The van der Waals surface area contributed by atoms with Crippen molar-refractivity contribution in [3.05, 3.63) is 44.8 Å². The highest BCUT2D eigenvalue weighted by Gasteiger charge is 2.09. The molecule has 2 heterocycles. The van der Waals surface area contributed by atoms with Crippen LogP contribution in [0.3, 0.4) is 0 Å². The molecule has 0 aromatic carbocycles. The molecule has 3 nitrogen and oxygen atoms in total. The van der Waals surface area contributed by atoms with E-state index in [1.807, 2.05) is 19.1 Å². The Labute approximate surface area is 106 Å². The molecular formula is C11H9BrN2OS. The molecule has 0 aliphatic rings. The van der Waals surface area contributed by atoms with E-state index in [0.717, 1.165) is 4.88 Å². The Morgan fingerprint density at radius 1 is 1.44 bits per heavy atom. The summed E-state index contributed by atoms with van der Waals surface area (Å²) < 4.78 is 0.636. The third kappa shape index (κ3) is 2.48. The molecule has 0 radical (unpaired) electrons. The van der Waals surface area contributed by atoms with Crippen molar-refractivity contribution in [2.24, 2.45) is 0 Å². The minimum absolute atomic E-state index is 0.105. The van der Waals surface area contributed by atoms with E-state index >= 15 is 0 Å². The van der Waals surface area contributed by atoms with Crippen LogP contribution in [0.15, 0.2) is 35.1 Å². The van der Waals surface area contributed by atoms with Crippen LogP contribution < -0.4 is 5.32 Å². The number of nitrogens with zero attached hydrogens (tertiary/aromatic N) is 1. The molecule has 2 aromatic rings. The number of aryl methyl sites for hydroxylation is 1. The number of carbonyl (C=O) groups excluding carboxylic acids is 1. The highest BCUT2D eigenvalue weighted by atomic mass is 79.9. The number of carbonyl (C=O) groups is 1. The number of halogens is 1. The molecule has 0 bridgehead atoms. The van der Waals surface area contributed by atoms with Crippen LogP contribution in [0, 0.1) is 6.92 Å². The van der Waals surface area contributed by atoms with E-state index < -0.39 is 0 Å². The molecule has 2 rings (SSSR count). The lowest BCUT2D eigenvalue weighted by atomic mass is 10.4. The molecule has 82 valence electrons. The first-order valence-electron chi connectivity index (χ1n) is 4.65. The summed E-state index contributed by atoms with van der Waals surface area (Å²) in [6.45, 7) is 1.97. The first kappa shape index (κ1) is 11.3. The van der Waals surface area contributed by atoms with Crippen LogP contribution >= 0.6 is 27.3 Å². The van der Waals surface area contributed by atoms with Gasteiger partial charge >= 0.3 is 0 Å². The smallest absolute Gasteiger partial charge is 0.265 e. The third-order valence-corrected chi connectivity index (χ3v) is 3.60. The van der Waals surface area contributed by atoms with Crippen molar-refractivity contribution in [3.8, 4) is 0 Å². The van der Waals surface area contributed by atoms with Crippen LogP contribution in [0.4, 0.5) is 5.69 Å². The second-order valence-electron chi connectivity index (χ2n) is 3.21. The molecule has 0 aliphatic carbocycles. The van der Waals surface area contributed by atoms with E-state index in [1.165, 1.54) is 11.3 Å². The van der Waals surface area contributed by atoms with Crippen LogP contribution in [-0.4, -0.2) is 10.9 Å². The van der Waals surface area contributed by atoms with E-state index in [9.17, 15) is 4.79 Å². The standard InChI is InChI=1S/C11H9BrN2OS/c1-7-4-5-9(16-7)11(15)14-8-3-2-6-13-10(8)12/h2-6H,1H3,(H,14,15). The highest BCUT2D eigenvalue weighted by molar-refractivity contribution is 9.10. The van der Waals surface area contributed by atoms with Crippen LogP contribution in [0.25, 0.3) is 0 Å².